The van der Waals surface area contributed by atoms with Crippen LogP contribution in [0.2, 0.25) is 0 Å². The van der Waals surface area contributed by atoms with Crippen LogP contribution < -0.4 is 14.4 Å². The highest BCUT2D eigenvalue weighted by Gasteiger charge is 2.35. The van der Waals surface area contributed by atoms with Gasteiger partial charge < -0.3 is 14.4 Å². The second kappa shape index (κ2) is 9.30. The third kappa shape index (κ3) is 4.90. The van der Waals surface area contributed by atoms with Crippen molar-refractivity contribution in [3.63, 3.8) is 0 Å². The summed E-state index contributed by atoms with van der Waals surface area (Å²) in [6.45, 7) is 12.5. The minimum absolute atomic E-state index is 0.179. The van der Waals surface area contributed by atoms with Crippen LogP contribution in [0.3, 0.4) is 0 Å². The predicted molar refractivity (Wildman–Crippen MR) is 138 cm³/mol. The van der Waals surface area contributed by atoms with E-state index < -0.39 is 0 Å². The van der Waals surface area contributed by atoms with Crippen LogP contribution in [0.5, 0.6) is 17.2 Å². The molecule has 0 aliphatic carbocycles. The SMILES string of the molecule is CCN1c2cc(C)c(C=Nc3ccc(Oc4ccc(OC)cc4)cc3)cc2[C@H](C)CC1(C)C. The van der Waals surface area contributed by atoms with Gasteiger partial charge in [0.15, 0.2) is 0 Å². The Labute approximate surface area is 197 Å². The van der Waals surface area contributed by atoms with E-state index in [1.807, 2.05) is 54.7 Å². The molecule has 0 radical (unpaired) electrons. The summed E-state index contributed by atoms with van der Waals surface area (Å²) in [5, 5.41) is 0. The monoisotopic (exact) mass is 442 g/mol. The summed E-state index contributed by atoms with van der Waals surface area (Å²) in [4.78, 5) is 7.28. The summed E-state index contributed by atoms with van der Waals surface area (Å²) >= 11 is 0. The summed E-state index contributed by atoms with van der Waals surface area (Å²) in [5.74, 6) is 2.89. The number of rotatable bonds is 6. The van der Waals surface area contributed by atoms with E-state index in [0.29, 0.717) is 5.92 Å². The first kappa shape index (κ1) is 22.9. The minimum Gasteiger partial charge on any atom is -0.497 e. The molecule has 0 saturated carbocycles. The first-order valence-corrected chi connectivity index (χ1v) is 11.7. The molecule has 0 fully saturated rings. The first-order valence-electron chi connectivity index (χ1n) is 11.7. The summed E-state index contributed by atoms with van der Waals surface area (Å²) < 4.78 is 11.1. The predicted octanol–water partition coefficient (Wildman–Crippen LogP) is 7.66. The van der Waals surface area contributed by atoms with Crippen molar-refractivity contribution in [3.8, 4) is 17.2 Å². The maximum absolute atomic E-state index is 5.91. The Morgan fingerprint density at radius 2 is 1.61 bits per heavy atom. The number of nitrogens with zero attached hydrogens (tertiary/aromatic N) is 2. The Morgan fingerprint density at radius 3 is 2.21 bits per heavy atom. The van der Waals surface area contributed by atoms with Crippen molar-refractivity contribution in [1.29, 1.82) is 0 Å². The second-order valence-corrected chi connectivity index (χ2v) is 9.46. The van der Waals surface area contributed by atoms with Gasteiger partial charge in [-0.05, 0) is 117 Å². The lowest BCUT2D eigenvalue weighted by atomic mass is 9.79. The molecule has 4 rings (SSSR count). The maximum atomic E-state index is 5.91. The van der Waals surface area contributed by atoms with Gasteiger partial charge in [0.05, 0.1) is 12.8 Å². The quantitative estimate of drug-likeness (QED) is 0.368. The maximum Gasteiger partial charge on any atom is 0.127 e. The van der Waals surface area contributed by atoms with Crippen LogP contribution in [0.25, 0.3) is 0 Å². The minimum atomic E-state index is 0.179. The van der Waals surface area contributed by atoms with Crippen molar-refractivity contribution in [1.82, 2.24) is 0 Å². The first-order chi connectivity index (χ1) is 15.8. The van der Waals surface area contributed by atoms with Crippen LogP contribution in [-0.4, -0.2) is 25.4 Å². The van der Waals surface area contributed by atoms with Gasteiger partial charge in [-0.1, -0.05) is 6.92 Å². The highest BCUT2D eigenvalue weighted by atomic mass is 16.5. The van der Waals surface area contributed by atoms with Gasteiger partial charge in [-0.15, -0.1) is 0 Å². The molecule has 1 aliphatic heterocycles. The van der Waals surface area contributed by atoms with Gasteiger partial charge in [0.1, 0.15) is 17.2 Å². The van der Waals surface area contributed by atoms with Gasteiger partial charge in [0.25, 0.3) is 0 Å². The van der Waals surface area contributed by atoms with E-state index in [0.717, 1.165) is 35.9 Å². The van der Waals surface area contributed by atoms with E-state index in [1.54, 1.807) is 7.11 Å². The number of benzene rings is 3. The molecule has 33 heavy (non-hydrogen) atoms. The molecule has 4 heteroatoms. The number of hydrogen-bond donors (Lipinski definition) is 0. The van der Waals surface area contributed by atoms with Gasteiger partial charge in [0.2, 0.25) is 0 Å². The zero-order valence-electron chi connectivity index (χ0n) is 20.6. The van der Waals surface area contributed by atoms with E-state index in [4.69, 9.17) is 14.5 Å². The molecule has 0 unspecified atom stereocenters. The van der Waals surface area contributed by atoms with Crippen molar-refractivity contribution >= 4 is 17.6 Å². The number of ether oxygens (including phenoxy) is 2. The molecule has 4 nitrogen and oxygen atoms in total. The number of methoxy groups -OCH3 is 1. The summed E-state index contributed by atoms with van der Waals surface area (Å²) in [7, 11) is 1.65. The molecule has 0 saturated heterocycles. The number of fused-ring (bicyclic) bond motifs is 1. The molecule has 172 valence electrons. The second-order valence-electron chi connectivity index (χ2n) is 9.46. The van der Waals surface area contributed by atoms with E-state index in [2.05, 4.69) is 51.7 Å². The Morgan fingerprint density at radius 1 is 1.00 bits per heavy atom. The Balaban J connectivity index is 1.51. The van der Waals surface area contributed by atoms with Crippen molar-refractivity contribution in [3.05, 3.63) is 77.4 Å². The third-order valence-electron chi connectivity index (χ3n) is 6.57. The highest BCUT2D eigenvalue weighted by Crippen LogP contribution is 2.44. The van der Waals surface area contributed by atoms with E-state index in [1.165, 1.54) is 22.4 Å². The van der Waals surface area contributed by atoms with Gasteiger partial charge in [-0.25, -0.2) is 0 Å². The summed E-state index contributed by atoms with van der Waals surface area (Å²) in [5.41, 5.74) is 6.30. The van der Waals surface area contributed by atoms with Gasteiger partial charge >= 0.3 is 0 Å². The molecule has 0 N–H and O–H groups in total. The van der Waals surface area contributed by atoms with E-state index in [9.17, 15) is 0 Å². The lowest BCUT2D eigenvalue weighted by Gasteiger charge is -2.47. The third-order valence-corrected chi connectivity index (χ3v) is 6.57. The molecule has 1 atom stereocenters. The smallest absolute Gasteiger partial charge is 0.127 e. The van der Waals surface area contributed by atoms with E-state index >= 15 is 0 Å². The van der Waals surface area contributed by atoms with Crippen LogP contribution >= 0.6 is 0 Å². The van der Waals surface area contributed by atoms with Crippen LogP contribution in [-0.2, 0) is 0 Å². The fourth-order valence-corrected chi connectivity index (χ4v) is 4.91. The van der Waals surface area contributed by atoms with Crippen LogP contribution in [0.4, 0.5) is 11.4 Å². The number of hydrogen-bond acceptors (Lipinski definition) is 4. The van der Waals surface area contributed by atoms with Gasteiger partial charge in [-0.2, -0.15) is 0 Å². The normalized spacial score (nSPS) is 17.2. The molecule has 3 aromatic carbocycles. The van der Waals surface area contributed by atoms with Crippen molar-refractivity contribution in [2.45, 2.75) is 52.5 Å². The molecule has 0 amide bonds. The lowest BCUT2D eigenvalue weighted by molar-refractivity contribution is 0.381. The lowest BCUT2D eigenvalue weighted by Crippen LogP contribution is -2.48. The molecule has 0 aromatic heterocycles. The molecule has 0 bridgehead atoms. The fourth-order valence-electron chi connectivity index (χ4n) is 4.91. The molecule has 1 heterocycles. The zero-order valence-corrected chi connectivity index (χ0v) is 20.6. The topological polar surface area (TPSA) is 34.1 Å². The molecule has 3 aromatic rings. The fraction of sp³-hybridized carbons (Fsp3) is 0.345. The van der Waals surface area contributed by atoms with Gasteiger partial charge in [-0.3, -0.25) is 4.99 Å². The Hall–Kier alpha value is -3.27. The van der Waals surface area contributed by atoms with Gasteiger partial charge in [0, 0.05) is 24.0 Å². The van der Waals surface area contributed by atoms with Crippen LogP contribution in [0.15, 0.2) is 65.7 Å². The highest BCUT2D eigenvalue weighted by molar-refractivity contribution is 5.86. The number of aryl methyl sites for hydroxylation is 1. The summed E-state index contributed by atoms with van der Waals surface area (Å²) in [6.07, 6.45) is 3.14. The Kier molecular flexibility index (Phi) is 6.46. The number of aliphatic imine (C=N–C) groups is 1. The molecular weight excluding hydrogens is 408 g/mol. The number of anilines is 1. The van der Waals surface area contributed by atoms with E-state index in [-0.39, 0.29) is 5.54 Å². The average molecular weight is 443 g/mol. The molecule has 1 aliphatic rings. The van der Waals surface area contributed by atoms with Crippen molar-refractivity contribution in [2.24, 2.45) is 4.99 Å². The largest absolute Gasteiger partial charge is 0.497 e. The average Bonchev–Trinajstić information content (AvgIpc) is 2.79. The van der Waals surface area contributed by atoms with Crippen LogP contribution in [0.1, 0.15) is 56.7 Å². The molecule has 0 spiro atoms. The zero-order chi connectivity index (χ0) is 23.6. The van der Waals surface area contributed by atoms with Crippen molar-refractivity contribution in [2.75, 3.05) is 18.6 Å². The van der Waals surface area contributed by atoms with Crippen molar-refractivity contribution < 1.29 is 9.47 Å². The van der Waals surface area contributed by atoms with Crippen LogP contribution in [0, 0.1) is 6.92 Å². The molecular formula is C29H34N2O2. The summed E-state index contributed by atoms with van der Waals surface area (Å²) in [6, 6.07) is 20.1. The standard InChI is InChI=1S/C29H34N2O2/c1-7-31-28-16-20(2)22(17-27(28)21(3)18-29(31,4)5)19-30-23-8-10-25(11-9-23)33-26-14-12-24(32-6)13-15-26/h8-17,19,21H,7,18H2,1-6H3/t21-/m1/s1. The Bertz CT molecular complexity index is 1130.